The van der Waals surface area contributed by atoms with Gasteiger partial charge in [-0.15, -0.1) is 0 Å². The lowest BCUT2D eigenvalue weighted by Gasteiger charge is -2.46. The topological polar surface area (TPSA) is 143 Å². The van der Waals surface area contributed by atoms with Crippen molar-refractivity contribution in [2.45, 2.75) is 110 Å². The van der Waals surface area contributed by atoms with Crippen molar-refractivity contribution in [1.29, 1.82) is 0 Å². The van der Waals surface area contributed by atoms with Crippen LogP contribution in [0.15, 0.2) is 23.8 Å². The molecule has 0 bridgehead atoms. The first-order valence-electron chi connectivity index (χ1n) is 14.8. The average molecular weight is 582 g/mol. The summed E-state index contributed by atoms with van der Waals surface area (Å²) in [6.45, 7) is 8.92. The third-order valence-electron chi connectivity index (χ3n) is 8.43. The number of aldehydes is 1. The first kappa shape index (κ1) is 35.2. The number of aliphatic hydroxyl groups is 3. The van der Waals surface area contributed by atoms with E-state index in [1.807, 2.05) is 33.8 Å². The van der Waals surface area contributed by atoms with Crippen LogP contribution in [0.25, 0.3) is 0 Å². The molecule has 0 spiro atoms. The highest BCUT2D eigenvalue weighted by molar-refractivity contribution is 5.91. The number of aliphatic hydroxyl groups excluding tert-OH is 3. The molecule has 11 atom stereocenters. The van der Waals surface area contributed by atoms with Crippen LogP contribution in [-0.4, -0.2) is 102 Å². The molecule has 0 aliphatic carbocycles. The van der Waals surface area contributed by atoms with Crippen molar-refractivity contribution < 1.29 is 43.9 Å². The summed E-state index contributed by atoms with van der Waals surface area (Å²) < 4.78 is 18.1. The van der Waals surface area contributed by atoms with Gasteiger partial charge in [0, 0.05) is 24.7 Å². The lowest BCUT2D eigenvalue weighted by molar-refractivity contribution is -0.302. The third-order valence-corrected chi connectivity index (χ3v) is 8.43. The lowest BCUT2D eigenvalue weighted by atomic mass is 9.80. The molecule has 1 fully saturated rings. The number of esters is 1. The van der Waals surface area contributed by atoms with Crippen LogP contribution in [0.1, 0.15) is 66.7 Å². The number of carbonyl (C=O) groups is 3. The Morgan fingerprint density at radius 2 is 1.80 bits per heavy atom. The first-order valence-corrected chi connectivity index (χ1v) is 14.8. The van der Waals surface area contributed by atoms with Crippen LogP contribution in [0, 0.1) is 23.7 Å². The molecule has 234 valence electrons. The average Bonchev–Trinajstić information content (AvgIpc) is 2.92. The fourth-order valence-electron chi connectivity index (χ4n) is 5.92. The highest BCUT2D eigenvalue weighted by Gasteiger charge is 2.46. The molecule has 0 aromatic heterocycles. The second kappa shape index (κ2) is 16.6. The highest BCUT2D eigenvalue weighted by atomic mass is 16.7. The standard InChI is InChI=1S/C31H51NO9/c1-8-25-23(17-34)15-18(2)9-11-24(35)20(4)16-22(13-14-33)30(19(3)10-12-26(36)40-25)41-31-29(38)27(32(6)7)28(37)21(5)39-31/h9,11,14-15,19-23,25,27-31,34,37-38H,8,10,12-13,16-17H2,1-7H3/b11-9+,18-15+/t19-,20+,21+,22?,23+,25+,27-,28+,29+,30+,31-/m0/s1. The molecule has 0 radical (unpaired) electrons. The lowest BCUT2D eigenvalue weighted by Crippen LogP contribution is -2.63. The van der Waals surface area contributed by atoms with E-state index in [9.17, 15) is 29.7 Å². The molecule has 0 aromatic carbocycles. The van der Waals surface area contributed by atoms with Crippen LogP contribution >= 0.6 is 0 Å². The van der Waals surface area contributed by atoms with Crippen molar-refractivity contribution in [1.82, 2.24) is 4.90 Å². The molecule has 3 N–H and O–H groups in total. The SMILES string of the molecule is CC[C@H]1OC(=O)CC[C@H](C)[C@@H](O[C@@H]2O[C@H](C)[C@@H](O)[C@H](N(C)C)[C@H]2O)C(CC=O)C[C@@H](C)C(=O)/C=C/C(C)=C/[C@@H]1CO. The van der Waals surface area contributed by atoms with Gasteiger partial charge in [-0.05, 0) is 65.1 Å². The second-order valence-electron chi connectivity index (χ2n) is 12.0. The van der Waals surface area contributed by atoms with Gasteiger partial charge in [0.2, 0.25) is 0 Å². The minimum Gasteiger partial charge on any atom is -0.462 e. The number of hydrogen-bond donors (Lipinski definition) is 3. The van der Waals surface area contributed by atoms with E-state index >= 15 is 0 Å². The van der Waals surface area contributed by atoms with Gasteiger partial charge in [-0.3, -0.25) is 9.59 Å². The van der Waals surface area contributed by atoms with Gasteiger partial charge in [0.25, 0.3) is 0 Å². The maximum Gasteiger partial charge on any atom is 0.306 e. The fraction of sp³-hybridized carbons (Fsp3) is 0.774. The van der Waals surface area contributed by atoms with Crippen LogP contribution in [0.3, 0.4) is 0 Å². The zero-order chi connectivity index (χ0) is 30.9. The Hall–Kier alpha value is -1.95. The molecule has 2 rings (SSSR count). The summed E-state index contributed by atoms with van der Waals surface area (Å²) in [6.07, 6.45) is 2.25. The van der Waals surface area contributed by atoms with Crippen molar-refractivity contribution in [2.24, 2.45) is 23.7 Å². The van der Waals surface area contributed by atoms with E-state index in [2.05, 4.69) is 0 Å². The molecule has 2 heterocycles. The van der Waals surface area contributed by atoms with Crippen molar-refractivity contribution in [3.63, 3.8) is 0 Å². The summed E-state index contributed by atoms with van der Waals surface area (Å²) in [5, 5.41) is 31.8. The number of carbonyl (C=O) groups excluding carboxylic acids is 3. The number of likely N-dealkylation sites (N-methyl/N-ethyl adjacent to an activating group) is 1. The molecule has 2 aliphatic rings. The van der Waals surface area contributed by atoms with E-state index in [-0.39, 0.29) is 31.1 Å². The molecule has 10 nitrogen and oxygen atoms in total. The van der Waals surface area contributed by atoms with Crippen LogP contribution in [0.4, 0.5) is 0 Å². The summed E-state index contributed by atoms with van der Waals surface area (Å²) in [5.41, 5.74) is 0.764. The maximum absolute atomic E-state index is 13.1. The largest absolute Gasteiger partial charge is 0.462 e. The van der Waals surface area contributed by atoms with Gasteiger partial charge in [-0.1, -0.05) is 38.5 Å². The van der Waals surface area contributed by atoms with Gasteiger partial charge >= 0.3 is 5.97 Å². The van der Waals surface area contributed by atoms with Crippen LogP contribution in [-0.2, 0) is 28.6 Å². The Bertz CT molecular complexity index is 919. The van der Waals surface area contributed by atoms with E-state index in [4.69, 9.17) is 14.2 Å². The van der Waals surface area contributed by atoms with Gasteiger partial charge in [-0.25, -0.2) is 0 Å². The number of allylic oxidation sites excluding steroid dienone is 3. The van der Waals surface area contributed by atoms with E-state index in [1.54, 1.807) is 32.0 Å². The summed E-state index contributed by atoms with van der Waals surface area (Å²) in [6, 6.07) is -0.642. The molecule has 0 saturated carbocycles. The van der Waals surface area contributed by atoms with Crippen LogP contribution < -0.4 is 0 Å². The third kappa shape index (κ3) is 9.80. The zero-order valence-corrected chi connectivity index (χ0v) is 25.6. The number of hydrogen-bond acceptors (Lipinski definition) is 10. The zero-order valence-electron chi connectivity index (χ0n) is 25.6. The Kier molecular flexibility index (Phi) is 14.3. The molecule has 0 amide bonds. The van der Waals surface area contributed by atoms with E-state index in [0.29, 0.717) is 19.3 Å². The van der Waals surface area contributed by atoms with Gasteiger partial charge < -0.3 is 39.2 Å². The van der Waals surface area contributed by atoms with Gasteiger partial charge in [0.1, 0.15) is 18.5 Å². The Morgan fingerprint density at radius 1 is 1.12 bits per heavy atom. The van der Waals surface area contributed by atoms with Gasteiger partial charge in [-0.2, -0.15) is 0 Å². The van der Waals surface area contributed by atoms with Crippen molar-refractivity contribution in [2.75, 3.05) is 20.7 Å². The first-order chi connectivity index (χ1) is 19.3. The van der Waals surface area contributed by atoms with Crippen LogP contribution in [0.2, 0.25) is 0 Å². The van der Waals surface area contributed by atoms with E-state index in [1.165, 1.54) is 6.08 Å². The Labute approximate surface area is 244 Å². The number of nitrogens with zero attached hydrogens (tertiary/aromatic N) is 1. The summed E-state index contributed by atoms with van der Waals surface area (Å²) in [5.74, 6) is -2.01. The van der Waals surface area contributed by atoms with Gasteiger partial charge in [0.15, 0.2) is 12.1 Å². The number of ether oxygens (including phenoxy) is 3. The summed E-state index contributed by atoms with van der Waals surface area (Å²) >= 11 is 0. The monoisotopic (exact) mass is 581 g/mol. The second-order valence-corrected chi connectivity index (χ2v) is 12.0. The van der Waals surface area contributed by atoms with Crippen molar-refractivity contribution in [3.8, 4) is 0 Å². The molecular weight excluding hydrogens is 530 g/mol. The van der Waals surface area contributed by atoms with E-state index < -0.39 is 66.6 Å². The minimum absolute atomic E-state index is 0.0874. The summed E-state index contributed by atoms with van der Waals surface area (Å²) in [7, 11) is 3.51. The van der Waals surface area contributed by atoms with E-state index in [0.717, 1.165) is 11.9 Å². The quantitative estimate of drug-likeness (QED) is 0.303. The maximum atomic E-state index is 13.1. The molecular formula is C31H51NO9. The Morgan fingerprint density at radius 3 is 2.39 bits per heavy atom. The fourth-order valence-corrected chi connectivity index (χ4v) is 5.92. The predicted molar refractivity (Wildman–Crippen MR) is 154 cm³/mol. The Balaban J connectivity index is 2.45. The predicted octanol–water partition coefficient (Wildman–Crippen LogP) is 2.43. The summed E-state index contributed by atoms with van der Waals surface area (Å²) in [4.78, 5) is 39.5. The van der Waals surface area contributed by atoms with Crippen molar-refractivity contribution in [3.05, 3.63) is 23.8 Å². The molecule has 10 heteroatoms. The smallest absolute Gasteiger partial charge is 0.306 e. The molecule has 0 aromatic rings. The normalized spacial score (nSPS) is 40.5. The highest BCUT2D eigenvalue weighted by Crippen LogP contribution is 2.34. The number of rotatable bonds is 7. The molecule has 1 saturated heterocycles. The molecule has 2 aliphatic heterocycles. The molecule has 41 heavy (non-hydrogen) atoms. The number of cyclic esters (lactones) is 1. The molecule has 1 unspecified atom stereocenters. The minimum atomic E-state index is -1.18. The number of ketones is 1. The van der Waals surface area contributed by atoms with Crippen molar-refractivity contribution >= 4 is 18.0 Å². The van der Waals surface area contributed by atoms with Gasteiger partial charge in [0.05, 0.1) is 31.0 Å². The van der Waals surface area contributed by atoms with Crippen LogP contribution in [0.5, 0.6) is 0 Å².